The quantitative estimate of drug-likeness (QED) is 0.369. The molecular weight excluding hydrogens is 420 g/mol. The van der Waals surface area contributed by atoms with Crippen molar-refractivity contribution in [1.29, 1.82) is 0 Å². The summed E-state index contributed by atoms with van der Waals surface area (Å²) >= 11 is 0. The highest BCUT2D eigenvalue weighted by Gasteiger charge is 2.27. The van der Waals surface area contributed by atoms with Crippen molar-refractivity contribution in [3.8, 4) is 0 Å². The van der Waals surface area contributed by atoms with Crippen molar-refractivity contribution in [3.63, 3.8) is 0 Å². The minimum atomic E-state index is -0.786. The zero-order chi connectivity index (χ0) is 23.3. The van der Waals surface area contributed by atoms with Crippen LogP contribution in [-0.4, -0.2) is 55.7 Å². The van der Waals surface area contributed by atoms with Crippen molar-refractivity contribution < 1.29 is 28.8 Å². The van der Waals surface area contributed by atoms with E-state index < -0.39 is 22.9 Å². The first-order valence-corrected chi connectivity index (χ1v) is 10.4. The number of rotatable bonds is 7. The summed E-state index contributed by atoms with van der Waals surface area (Å²) in [5, 5.41) is 16.2. The summed E-state index contributed by atoms with van der Waals surface area (Å²) in [6.45, 7) is 4.95. The minimum Gasteiger partial charge on any atom is -0.463 e. The van der Waals surface area contributed by atoms with Gasteiger partial charge in [0.2, 0.25) is 0 Å². The molecule has 2 heterocycles. The molecule has 2 N–H and O–H groups in total. The van der Waals surface area contributed by atoms with Gasteiger partial charge in [-0.15, -0.1) is 0 Å². The number of anilines is 1. The van der Waals surface area contributed by atoms with E-state index in [2.05, 4.69) is 17.6 Å². The summed E-state index contributed by atoms with van der Waals surface area (Å²) in [5.74, 6) is -0.855. The Balaban J connectivity index is 1.84. The predicted molar refractivity (Wildman–Crippen MR) is 114 cm³/mol. The highest BCUT2D eigenvalue weighted by molar-refractivity contribution is 5.97. The molecule has 0 aliphatic carbocycles. The fourth-order valence-electron chi connectivity index (χ4n) is 3.61. The SMILES string of the molecule is CCOC(=O)C1=C(COC(=O)c2cc([N+](=O)[O-])ccc2N2CCC(C)CC2)NC(=O)NC1. The Bertz CT molecular complexity index is 951. The fourth-order valence-corrected chi connectivity index (χ4v) is 3.61. The molecule has 2 aliphatic rings. The van der Waals surface area contributed by atoms with Gasteiger partial charge in [-0.2, -0.15) is 0 Å². The number of nitrogens with one attached hydrogen (secondary N) is 2. The van der Waals surface area contributed by atoms with Crippen LogP contribution in [0.4, 0.5) is 16.2 Å². The molecule has 3 rings (SSSR count). The van der Waals surface area contributed by atoms with E-state index in [0.29, 0.717) is 11.6 Å². The van der Waals surface area contributed by atoms with Crippen LogP contribution in [-0.2, 0) is 14.3 Å². The second kappa shape index (κ2) is 10.1. The zero-order valence-corrected chi connectivity index (χ0v) is 18.0. The summed E-state index contributed by atoms with van der Waals surface area (Å²) < 4.78 is 10.3. The third-order valence-corrected chi connectivity index (χ3v) is 5.46. The average Bonchev–Trinajstić information content (AvgIpc) is 2.77. The van der Waals surface area contributed by atoms with E-state index in [0.717, 1.165) is 25.9 Å². The lowest BCUT2D eigenvalue weighted by Crippen LogP contribution is -2.45. The van der Waals surface area contributed by atoms with Gasteiger partial charge in [-0.25, -0.2) is 14.4 Å². The van der Waals surface area contributed by atoms with Crippen LogP contribution in [0.5, 0.6) is 0 Å². The van der Waals surface area contributed by atoms with E-state index in [-0.39, 0.29) is 42.3 Å². The molecule has 2 aliphatic heterocycles. The van der Waals surface area contributed by atoms with Crippen molar-refractivity contribution in [2.75, 3.05) is 37.7 Å². The van der Waals surface area contributed by atoms with Crippen LogP contribution in [0.1, 0.15) is 37.0 Å². The van der Waals surface area contributed by atoms with Gasteiger partial charge in [0.1, 0.15) is 6.61 Å². The summed E-state index contributed by atoms with van der Waals surface area (Å²) in [6, 6.07) is 3.57. The summed E-state index contributed by atoms with van der Waals surface area (Å²) in [4.78, 5) is 49.5. The second-order valence-electron chi connectivity index (χ2n) is 7.69. The molecule has 1 saturated heterocycles. The van der Waals surface area contributed by atoms with E-state index in [9.17, 15) is 24.5 Å². The normalized spacial score (nSPS) is 16.8. The van der Waals surface area contributed by atoms with Crippen LogP contribution in [0.25, 0.3) is 0 Å². The number of benzene rings is 1. The Morgan fingerprint density at radius 1 is 1.22 bits per heavy atom. The van der Waals surface area contributed by atoms with Crippen LogP contribution in [0.3, 0.4) is 0 Å². The number of nitrogens with zero attached hydrogens (tertiary/aromatic N) is 2. The van der Waals surface area contributed by atoms with E-state index in [1.165, 1.54) is 12.1 Å². The number of non-ortho nitro benzene ring substituents is 1. The third-order valence-electron chi connectivity index (χ3n) is 5.46. The number of piperidine rings is 1. The Morgan fingerprint density at radius 2 is 1.94 bits per heavy atom. The number of carbonyl (C=O) groups excluding carboxylic acids is 3. The van der Waals surface area contributed by atoms with E-state index in [1.807, 2.05) is 4.90 Å². The van der Waals surface area contributed by atoms with Gasteiger partial charge in [0.05, 0.1) is 40.6 Å². The molecule has 172 valence electrons. The fraction of sp³-hybridized carbons (Fsp3) is 0.476. The molecular formula is C21H26N4O7. The number of carbonyl (C=O) groups is 3. The maximum Gasteiger partial charge on any atom is 0.340 e. The molecule has 2 amide bonds. The van der Waals surface area contributed by atoms with Gasteiger partial charge in [0, 0.05) is 25.2 Å². The van der Waals surface area contributed by atoms with Gasteiger partial charge in [0.15, 0.2) is 0 Å². The van der Waals surface area contributed by atoms with Crippen molar-refractivity contribution in [1.82, 2.24) is 10.6 Å². The van der Waals surface area contributed by atoms with Crippen LogP contribution >= 0.6 is 0 Å². The van der Waals surface area contributed by atoms with Crippen molar-refractivity contribution in [3.05, 3.63) is 45.1 Å². The van der Waals surface area contributed by atoms with Crippen LogP contribution in [0.2, 0.25) is 0 Å². The number of esters is 2. The maximum atomic E-state index is 12.9. The molecule has 11 heteroatoms. The van der Waals surface area contributed by atoms with Gasteiger partial charge in [0.25, 0.3) is 5.69 Å². The molecule has 0 bridgehead atoms. The first kappa shape index (κ1) is 23.0. The highest BCUT2D eigenvalue weighted by Crippen LogP contribution is 2.30. The Labute approximate surface area is 184 Å². The van der Waals surface area contributed by atoms with Crippen molar-refractivity contribution in [2.45, 2.75) is 26.7 Å². The number of hydrogen-bond acceptors (Lipinski definition) is 8. The molecule has 11 nitrogen and oxygen atoms in total. The maximum absolute atomic E-state index is 12.9. The lowest BCUT2D eigenvalue weighted by atomic mass is 9.98. The van der Waals surface area contributed by atoms with Gasteiger partial charge >= 0.3 is 18.0 Å². The second-order valence-corrected chi connectivity index (χ2v) is 7.69. The largest absolute Gasteiger partial charge is 0.463 e. The van der Waals surface area contributed by atoms with Gasteiger partial charge in [-0.1, -0.05) is 6.92 Å². The van der Waals surface area contributed by atoms with E-state index >= 15 is 0 Å². The van der Waals surface area contributed by atoms with Gasteiger partial charge in [-0.05, 0) is 31.7 Å². The first-order valence-electron chi connectivity index (χ1n) is 10.4. The number of amides is 2. The Morgan fingerprint density at radius 3 is 2.59 bits per heavy atom. The lowest BCUT2D eigenvalue weighted by molar-refractivity contribution is -0.384. The minimum absolute atomic E-state index is 0.0623. The van der Waals surface area contributed by atoms with E-state index in [1.54, 1.807) is 13.0 Å². The van der Waals surface area contributed by atoms with Crippen molar-refractivity contribution in [2.24, 2.45) is 5.92 Å². The molecule has 1 aromatic rings. The zero-order valence-electron chi connectivity index (χ0n) is 18.0. The van der Waals surface area contributed by atoms with E-state index in [4.69, 9.17) is 9.47 Å². The Hall–Kier alpha value is -3.63. The topological polar surface area (TPSA) is 140 Å². The van der Waals surface area contributed by atoms with Crippen LogP contribution in [0.15, 0.2) is 29.5 Å². The average molecular weight is 446 g/mol. The highest BCUT2D eigenvalue weighted by atomic mass is 16.6. The first-order chi connectivity index (χ1) is 15.3. The lowest BCUT2D eigenvalue weighted by Gasteiger charge is -2.33. The van der Waals surface area contributed by atoms with Crippen molar-refractivity contribution >= 4 is 29.3 Å². The number of nitro groups is 1. The number of nitro benzene ring substituents is 1. The van der Waals surface area contributed by atoms with Gasteiger partial charge in [-0.3, -0.25) is 10.1 Å². The number of hydrogen-bond donors (Lipinski definition) is 2. The molecule has 32 heavy (non-hydrogen) atoms. The smallest absolute Gasteiger partial charge is 0.340 e. The predicted octanol–water partition coefficient (Wildman–Crippen LogP) is 2.12. The summed E-state index contributed by atoms with van der Waals surface area (Å²) in [7, 11) is 0. The Kier molecular flexibility index (Phi) is 7.29. The molecule has 0 spiro atoms. The molecule has 0 saturated carbocycles. The standard InChI is InChI=1S/C21H26N4O7/c1-3-31-20(27)16-11-22-21(28)23-17(16)12-32-19(26)15-10-14(25(29)30)4-5-18(15)24-8-6-13(2)7-9-24/h4-5,10,13H,3,6-9,11-12H2,1-2H3,(H2,22,23,28). The molecule has 0 aromatic heterocycles. The van der Waals surface area contributed by atoms with Crippen LogP contribution < -0.4 is 15.5 Å². The monoisotopic (exact) mass is 446 g/mol. The molecule has 1 aromatic carbocycles. The molecule has 0 unspecified atom stereocenters. The summed E-state index contributed by atoms with van der Waals surface area (Å²) in [6.07, 6.45) is 1.89. The third kappa shape index (κ3) is 5.34. The molecule has 0 radical (unpaired) electrons. The number of ether oxygens (including phenoxy) is 2. The van der Waals surface area contributed by atoms with Gasteiger partial charge < -0.3 is 25.0 Å². The molecule has 0 atom stereocenters. The molecule has 1 fully saturated rings. The summed E-state index contributed by atoms with van der Waals surface area (Å²) in [5.41, 5.74) is 0.643. The van der Waals surface area contributed by atoms with Crippen LogP contribution in [0, 0.1) is 16.0 Å². The number of urea groups is 1.